The minimum absolute atomic E-state index is 0. The monoisotopic (exact) mass is 341 g/mol. The SMILES string of the molecule is COc1ccc(OC)c2c1CCC(CN1CCOCC1)C2=O.Cl. The molecule has 23 heavy (non-hydrogen) atoms. The van der Waals surface area contributed by atoms with Gasteiger partial charge in [0.1, 0.15) is 11.5 Å². The third-order valence-corrected chi connectivity index (χ3v) is 4.61. The lowest BCUT2D eigenvalue weighted by molar-refractivity contribution is 0.0291. The van der Waals surface area contributed by atoms with Crippen molar-refractivity contribution in [3.63, 3.8) is 0 Å². The average molecular weight is 342 g/mol. The molecule has 1 saturated heterocycles. The molecule has 0 spiro atoms. The predicted molar refractivity (Wildman–Crippen MR) is 90.2 cm³/mol. The fourth-order valence-electron chi connectivity index (χ4n) is 3.41. The van der Waals surface area contributed by atoms with E-state index in [4.69, 9.17) is 14.2 Å². The lowest BCUT2D eigenvalue weighted by Gasteiger charge is -2.32. The Morgan fingerprint density at radius 2 is 1.83 bits per heavy atom. The van der Waals surface area contributed by atoms with Crippen LogP contribution in [0, 0.1) is 5.92 Å². The zero-order chi connectivity index (χ0) is 15.5. The van der Waals surface area contributed by atoms with Gasteiger partial charge in [-0.3, -0.25) is 9.69 Å². The van der Waals surface area contributed by atoms with Crippen molar-refractivity contribution in [1.82, 2.24) is 4.90 Å². The van der Waals surface area contributed by atoms with Gasteiger partial charge in [-0.15, -0.1) is 12.4 Å². The second kappa shape index (κ2) is 7.99. The number of rotatable bonds is 4. The van der Waals surface area contributed by atoms with E-state index < -0.39 is 0 Å². The molecule has 2 aliphatic rings. The third-order valence-electron chi connectivity index (χ3n) is 4.61. The van der Waals surface area contributed by atoms with Crippen molar-refractivity contribution < 1.29 is 19.0 Å². The van der Waals surface area contributed by atoms with Crippen LogP contribution in [-0.2, 0) is 11.2 Å². The summed E-state index contributed by atoms with van der Waals surface area (Å²) in [5, 5.41) is 0. The number of nitrogens with zero attached hydrogens (tertiary/aromatic N) is 1. The van der Waals surface area contributed by atoms with E-state index in [0.717, 1.165) is 57.0 Å². The lowest BCUT2D eigenvalue weighted by atomic mass is 9.81. The topological polar surface area (TPSA) is 48.0 Å². The van der Waals surface area contributed by atoms with Crippen molar-refractivity contribution in [2.24, 2.45) is 5.92 Å². The number of carbonyl (C=O) groups excluding carboxylic acids is 1. The molecule has 1 aliphatic carbocycles. The molecule has 0 radical (unpaired) electrons. The van der Waals surface area contributed by atoms with Crippen LogP contribution in [0.15, 0.2) is 12.1 Å². The summed E-state index contributed by atoms with van der Waals surface area (Å²) >= 11 is 0. The number of hydrogen-bond donors (Lipinski definition) is 0. The number of benzene rings is 1. The van der Waals surface area contributed by atoms with Gasteiger partial charge in [-0.25, -0.2) is 0 Å². The van der Waals surface area contributed by atoms with Gasteiger partial charge in [-0.05, 0) is 25.0 Å². The summed E-state index contributed by atoms with van der Waals surface area (Å²) in [6, 6.07) is 3.71. The van der Waals surface area contributed by atoms with Crippen molar-refractivity contribution in [3.05, 3.63) is 23.3 Å². The summed E-state index contributed by atoms with van der Waals surface area (Å²) in [6.07, 6.45) is 1.73. The van der Waals surface area contributed by atoms with Crippen LogP contribution in [0.5, 0.6) is 11.5 Å². The molecule has 5 nitrogen and oxygen atoms in total. The Balaban J connectivity index is 0.00000192. The van der Waals surface area contributed by atoms with Crippen LogP contribution in [0.25, 0.3) is 0 Å². The second-order valence-corrected chi connectivity index (χ2v) is 5.84. The van der Waals surface area contributed by atoms with E-state index in [1.165, 1.54) is 0 Å². The summed E-state index contributed by atoms with van der Waals surface area (Å²) in [7, 11) is 3.26. The van der Waals surface area contributed by atoms with E-state index in [1.54, 1.807) is 14.2 Å². The first-order chi connectivity index (χ1) is 10.7. The smallest absolute Gasteiger partial charge is 0.171 e. The Bertz CT molecular complexity index is 558. The van der Waals surface area contributed by atoms with Crippen LogP contribution in [0.2, 0.25) is 0 Å². The van der Waals surface area contributed by atoms with Crippen LogP contribution >= 0.6 is 12.4 Å². The highest BCUT2D eigenvalue weighted by atomic mass is 35.5. The molecule has 0 aromatic heterocycles. The van der Waals surface area contributed by atoms with Gasteiger partial charge in [0, 0.05) is 31.1 Å². The van der Waals surface area contributed by atoms with Gasteiger partial charge in [0.15, 0.2) is 5.78 Å². The van der Waals surface area contributed by atoms with Crippen molar-refractivity contribution in [2.45, 2.75) is 12.8 Å². The Morgan fingerprint density at radius 3 is 2.48 bits per heavy atom. The zero-order valence-corrected chi connectivity index (χ0v) is 14.5. The molecule has 3 rings (SSSR count). The average Bonchev–Trinajstić information content (AvgIpc) is 2.57. The molecule has 1 aromatic rings. The Morgan fingerprint density at radius 1 is 1.17 bits per heavy atom. The molecule has 0 amide bonds. The predicted octanol–water partition coefficient (Wildman–Crippen LogP) is 2.20. The van der Waals surface area contributed by atoms with Crippen molar-refractivity contribution in [1.29, 1.82) is 0 Å². The molecular formula is C17H24ClNO4. The molecule has 128 valence electrons. The number of morpholine rings is 1. The Labute approximate surface area is 143 Å². The fourth-order valence-corrected chi connectivity index (χ4v) is 3.41. The first-order valence-corrected chi connectivity index (χ1v) is 7.82. The first-order valence-electron chi connectivity index (χ1n) is 7.82. The number of ketones is 1. The summed E-state index contributed by atoms with van der Waals surface area (Å²) in [6.45, 7) is 4.14. The highest BCUT2D eigenvalue weighted by Crippen LogP contribution is 2.38. The van der Waals surface area contributed by atoms with Crippen LogP contribution in [0.4, 0.5) is 0 Å². The van der Waals surface area contributed by atoms with Crippen molar-refractivity contribution >= 4 is 18.2 Å². The second-order valence-electron chi connectivity index (χ2n) is 5.84. The maximum atomic E-state index is 12.9. The number of carbonyl (C=O) groups is 1. The van der Waals surface area contributed by atoms with Gasteiger partial charge in [0.2, 0.25) is 0 Å². The number of ether oxygens (including phenoxy) is 3. The van der Waals surface area contributed by atoms with E-state index in [9.17, 15) is 4.79 Å². The van der Waals surface area contributed by atoms with E-state index in [-0.39, 0.29) is 24.1 Å². The quantitative estimate of drug-likeness (QED) is 0.840. The van der Waals surface area contributed by atoms with Gasteiger partial charge in [0.25, 0.3) is 0 Å². The number of hydrogen-bond acceptors (Lipinski definition) is 5. The van der Waals surface area contributed by atoms with Crippen LogP contribution in [0.3, 0.4) is 0 Å². The van der Waals surface area contributed by atoms with Crippen molar-refractivity contribution in [3.8, 4) is 11.5 Å². The van der Waals surface area contributed by atoms with Crippen molar-refractivity contribution in [2.75, 3.05) is 47.1 Å². The molecule has 1 unspecified atom stereocenters. The fraction of sp³-hybridized carbons (Fsp3) is 0.588. The van der Waals surface area contributed by atoms with Gasteiger partial charge >= 0.3 is 0 Å². The third kappa shape index (κ3) is 3.62. The maximum absolute atomic E-state index is 12.9. The van der Waals surface area contributed by atoms with E-state index >= 15 is 0 Å². The highest BCUT2D eigenvalue weighted by Gasteiger charge is 2.33. The standard InChI is InChI=1S/C17H23NO4.ClH/c1-20-14-5-6-15(21-2)16-13(14)4-3-12(17(16)19)11-18-7-9-22-10-8-18;/h5-6,12H,3-4,7-11H2,1-2H3;1H. The summed E-state index contributed by atoms with van der Waals surface area (Å²) in [5.74, 6) is 1.66. The van der Waals surface area contributed by atoms with E-state index in [0.29, 0.717) is 11.3 Å². The summed E-state index contributed by atoms with van der Waals surface area (Å²) < 4.78 is 16.2. The number of halogens is 1. The molecule has 1 aromatic carbocycles. The molecule has 1 atom stereocenters. The summed E-state index contributed by atoms with van der Waals surface area (Å²) in [4.78, 5) is 15.3. The Hall–Kier alpha value is -1.30. The molecule has 1 fully saturated rings. The maximum Gasteiger partial charge on any atom is 0.171 e. The molecular weight excluding hydrogens is 318 g/mol. The molecule has 1 aliphatic heterocycles. The first kappa shape index (κ1) is 18.0. The molecule has 0 saturated carbocycles. The van der Waals surface area contributed by atoms with Gasteiger partial charge < -0.3 is 14.2 Å². The molecule has 1 heterocycles. The van der Waals surface area contributed by atoms with Crippen LogP contribution < -0.4 is 9.47 Å². The van der Waals surface area contributed by atoms with Gasteiger partial charge in [-0.2, -0.15) is 0 Å². The van der Waals surface area contributed by atoms with Crippen LogP contribution in [0.1, 0.15) is 22.3 Å². The normalized spacial score (nSPS) is 21.3. The van der Waals surface area contributed by atoms with E-state index in [1.807, 2.05) is 12.1 Å². The molecule has 6 heteroatoms. The minimum atomic E-state index is 0. The number of Topliss-reactive ketones (excluding diaryl/α,β-unsaturated/α-hetero) is 1. The zero-order valence-electron chi connectivity index (χ0n) is 13.7. The number of fused-ring (bicyclic) bond motifs is 1. The Kier molecular flexibility index (Phi) is 6.27. The molecule has 0 N–H and O–H groups in total. The number of methoxy groups -OCH3 is 2. The van der Waals surface area contributed by atoms with Crippen LogP contribution in [-0.4, -0.2) is 57.8 Å². The van der Waals surface area contributed by atoms with Gasteiger partial charge in [-0.1, -0.05) is 0 Å². The largest absolute Gasteiger partial charge is 0.496 e. The molecule has 0 bridgehead atoms. The minimum Gasteiger partial charge on any atom is -0.496 e. The van der Waals surface area contributed by atoms with E-state index in [2.05, 4.69) is 4.90 Å². The van der Waals surface area contributed by atoms with Gasteiger partial charge in [0.05, 0.1) is 33.0 Å². The highest BCUT2D eigenvalue weighted by molar-refractivity contribution is 6.03. The lowest BCUT2D eigenvalue weighted by Crippen LogP contribution is -2.42. The summed E-state index contributed by atoms with van der Waals surface area (Å²) in [5.41, 5.74) is 1.71.